The number of ether oxygens (including phenoxy) is 1. The molecule has 0 spiro atoms. The third-order valence-electron chi connectivity index (χ3n) is 5.36. The Morgan fingerprint density at radius 1 is 1.27 bits per heavy atom. The molecule has 4 rings (SSSR count). The first kappa shape index (κ1) is 17.1. The third-order valence-corrected chi connectivity index (χ3v) is 5.36. The topological polar surface area (TPSA) is 73.1 Å². The van der Waals surface area contributed by atoms with Gasteiger partial charge in [0.25, 0.3) is 5.56 Å². The molecule has 0 unspecified atom stereocenters. The summed E-state index contributed by atoms with van der Waals surface area (Å²) in [6.07, 6.45) is 6.99. The fraction of sp³-hybridized carbons (Fsp3) is 0.579. The van der Waals surface area contributed by atoms with Crippen LogP contribution in [0.5, 0.6) is 0 Å². The van der Waals surface area contributed by atoms with Gasteiger partial charge in [0.05, 0.1) is 5.69 Å². The van der Waals surface area contributed by atoms with Crippen molar-refractivity contribution in [1.29, 1.82) is 0 Å². The molecule has 7 nitrogen and oxygen atoms in total. The van der Waals surface area contributed by atoms with Crippen LogP contribution in [0.2, 0.25) is 0 Å². The summed E-state index contributed by atoms with van der Waals surface area (Å²) in [7, 11) is 1.65. The van der Waals surface area contributed by atoms with Crippen molar-refractivity contribution in [2.24, 2.45) is 5.92 Å². The molecule has 1 fully saturated rings. The normalized spacial score (nSPS) is 17.5. The molecule has 0 N–H and O–H groups in total. The van der Waals surface area contributed by atoms with Crippen LogP contribution < -0.4 is 10.5 Å². The molecule has 0 atom stereocenters. The Hall–Kier alpha value is -2.28. The van der Waals surface area contributed by atoms with Gasteiger partial charge in [-0.25, -0.2) is 14.6 Å². The van der Waals surface area contributed by atoms with Gasteiger partial charge in [0.1, 0.15) is 12.4 Å². The van der Waals surface area contributed by atoms with Gasteiger partial charge in [-0.1, -0.05) is 0 Å². The van der Waals surface area contributed by atoms with Gasteiger partial charge in [0.2, 0.25) is 0 Å². The Morgan fingerprint density at radius 3 is 2.92 bits per heavy atom. The number of methoxy groups -OCH3 is 1. The number of fused-ring (bicyclic) bond motifs is 1. The molecular formula is C19H25N5O2. The molecule has 0 radical (unpaired) electrons. The fourth-order valence-corrected chi connectivity index (χ4v) is 3.92. The van der Waals surface area contributed by atoms with Gasteiger partial charge in [-0.2, -0.15) is 5.10 Å². The number of rotatable bonds is 5. The van der Waals surface area contributed by atoms with E-state index in [4.69, 9.17) is 4.74 Å². The van der Waals surface area contributed by atoms with E-state index < -0.39 is 0 Å². The first-order chi connectivity index (χ1) is 12.7. The Bertz CT molecular complexity index is 827. The molecule has 0 bridgehead atoms. The number of hydrogen-bond acceptors (Lipinski definition) is 6. The van der Waals surface area contributed by atoms with Crippen molar-refractivity contribution in [2.75, 3.05) is 25.1 Å². The summed E-state index contributed by atoms with van der Waals surface area (Å²) >= 11 is 0. The molecular weight excluding hydrogens is 330 g/mol. The van der Waals surface area contributed by atoms with E-state index in [1.807, 2.05) is 6.07 Å². The average molecular weight is 355 g/mol. The van der Waals surface area contributed by atoms with Gasteiger partial charge in [0.15, 0.2) is 5.82 Å². The van der Waals surface area contributed by atoms with Gasteiger partial charge in [-0.3, -0.25) is 4.79 Å². The van der Waals surface area contributed by atoms with Crippen LogP contribution >= 0.6 is 0 Å². The Labute approximate surface area is 153 Å². The molecule has 7 heteroatoms. The highest BCUT2D eigenvalue weighted by molar-refractivity contribution is 5.37. The van der Waals surface area contributed by atoms with Crippen LogP contribution in [0.4, 0.5) is 5.82 Å². The van der Waals surface area contributed by atoms with E-state index in [1.165, 1.54) is 0 Å². The molecule has 1 saturated heterocycles. The van der Waals surface area contributed by atoms with Crippen molar-refractivity contribution in [3.05, 3.63) is 45.8 Å². The summed E-state index contributed by atoms with van der Waals surface area (Å²) in [4.78, 5) is 23.4. The van der Waals surface area contributed by atoms with Crippen molar-refractivity contribution in [3.8, 4) is 0 Å². The Morgan fingerprint density at radius 2 is 2.12 bits per heavy atom. The zero-order valence-corrected chi connectivity index (χ0v) is 15.2. The van der Waals surface area contributed by atoms with E-state index in [0.717, 1.165) is 68.8 Å². The summed E-state index contributed by atoms with van der Waals surface area (Å²) in [5.74, 6) is 2.15. The summed E-state index contributed by atoms with van der Waals surface area (Å²) in [6.45, 7) is 3.03. The van der Waals surface area contributed by atoms with E-state index in [2.05, 4.69) is 20.0 Å². The van der Waals surface area contributed by atoms with E-state index in [9.17, 15) is 4.79 Å². The van der Waals surface area contributed by atoms with Gasteiger partial charge in [-0.05, 0) is 49.7 Å². The first-order valence-electron chi connectivity index (χ1n) is 9.38. The SMILES string of the molecule is COCc1nccc(N2CCC(Cn3nc4c(cc3=O)CCC4)CC2)n1. The molecule has 2 aromatic heterocycles. The second kappa shape index (κ2) is 7.53. The van der Waals surface area contributed by atoms with Crippen molar-refractivity contribution >= 4 is 5.82 Å². The standard InChI is InChI=1S/C19H25N5O2/c1-26-13-17-20-8-5-18(21-17)23-9-6-14(7-10-23)12-24-19(25)11-15-3-2-4-16(15)22-24/h5,8,11,14H,2-4,6-7,9-10,12-13H2,1H3. The summed E-state index contributed by atoms with van der Waals surface area (Å²) < 4.78 is 6.80. The van der Waals surface area contributed by atoms with E-state index in [0.29, 0.717) is 18.3 Å². The first-order valence-corrected chi connectivity index (χ1v) is 9.38. The molecule has 1 aliphatic carbocycles. The van der Waals surface area contributed by atoms with Crippen LogP contribution in [-0.4, -0.2) is 39.9 Å². The van der Waals surface area contributed by atoms with Crippen LogP contribution in [0, 0.1) is 5.92 Å². The predicted molar refractivity (Wildman–Crippen MR) is 98.2 cm³/mol. The molecule has 2 aromatic rings. The fourth-order valence-electron chi connectivity index (χ4n) is 3.92. The lowest BCUT2D eigenvalue weighted by molar-refractivity contribution is 0.177. The molecule has 2 aliphatic rings. The second-order valence-corrected chi connectivity index (χ2v) is 7.18. The summed E-state index contributed by atoms with van der Waals surface area (Å²) in [5, 5.41) is 4.61. The van der Waals surface area contributed by atoms with Crippen molar-refractivity contribution in [3.63, 3.8) is 0 Å². The zero-order chi connectivity index (χ0) is 17.9. The van der Waals surface area contributed by atoms with E-state index in [1.54, 1.807) is 24.1 Å². The number of aryl methyl sites for hydroxylation is 2. The highest BCUT2D eigenvalue weighted by atomic mass is 16.5. The number of nitrogens with zero attached hydrogens (tertiary/aromatic N) is 5. The lowest BCUT2D eigenvalue weighted by atomic mass is 9.97. The van der Waals surface area contributed by atoms with Crippen molar-refractivity contribution in [1.82, 2.24) is 19.7 Å². The lowest BCUT2D eigenvalue weighted by Gasteiger charge is -2.32. The van der Waals surface area contributed by atoms with E-state index in [-0.39, 0.29) is 5.56 Å². The van der Waals surface area contributed by atoms with Crippen LogP contribution in [0.15, 0.2) is 23.1 Å². The predicted octanol–water partition coefficient (Wildman–Crippen LogP) is 1.58. The largest absolute Gasteiger partial charge is 0.377 e. The molecule has 0 aromatic carbocycles. The molecule has 1 aliphatic heterocycles. The molecule has 26 heavy (non-hydrogen) atoms. The highest BCUT2D eigenvalue weighted by Gasteiger charge is 2.22. The van der Waals surface area contributed by atoms with Gasteiger partial charge >= 0.3 is 0 Å². The highest BCUT2D eigenvalue weighted by Crippen LogP contribution is 2.23. The van der Waals surface area contributed by atoms with Gasteiger partial charge in [-0.15, -0.1) is 0 Å². The quantitative estimate of drug-likeness (QED) is 0.811. The van der Waals surface area contributed by atoms with Crippen LogP contribution in [-0.2, 0) is 30.7 Å². The second-order valence-electron chi connectivity index (χ2n) is 7.18. The van der Waals surface area contributed by atoms with Crippen LogP contribution in [0.25, 0.3) is 0 Å². The zero-order valence-electron chi connectivity index (χ0n) is 15.2. The minimum absolute atomic E-state index is 0.0492. The third kappa shape index (κ3) is 3.62. The molecule has 0 saturated carbocycles. The lowest BCUT2D eigenvalue weighted by Crippen LogP contribution is -2.37. The van der Waals surface area contributed by atoms with Crippen LogP contribution in [0.3, 0.4) is 0 Å². The monoisotopic (exact) mass is 355 g/mol. The molecule has 0 amide bonds. The maximum absolute atomic E-state index is 12.3. The maximum atomic E-state index is 12.3. The average Bonchev–Trinajstić information content (AvgIpc) is 3.10. The number of anilines is 1. The molecule has 138 valence electrons. The van der Waals surface area contributed by atoms with Gasteiger partial charge in [0, 0.05) is 39.0 Å². The smallest absolute Gasteiger partial charge is 0.267 e. The number of piperidine rings is 1. The number of hydrogen-bond donors (Lipinski definition) is 0. The minimum Gasteiger partial charge on any atom is -0.377 e. The summed E-state index contributed by atoms with van der Waals surface area (Å²) in [5.41, 5.74) is 2.32. The summed E-state index contributed by atoms with van der Waals surface area (Å²) in [6, 6.07) is 3.74. The van der Waals surface area contributed by atoms with E-state index >= 15 is 0 Å². The Balaban J connectivity index is 1.38. The Kier molecular flexibility index (Phi) is 4.97. The van der Waals surface area contributed by atoms with Gasteiger partial charge < -0.3 is 9.64 Å². The number of aromatic nitrogens is 4. The maximum Gasteiger partial charge on any atom is 0.267 e. The van der Waals surface area contributed by atoms with Crippen molar-refractivity contribution in [2.45, 2.75) is 45.3 Å². The van der Waals surface area contributed by atoms with Crippen molar-refractivity contribution < 1.29 is 4.74 Å². The van der Waals surface area contributed by atoms with Crippen LogP contribution in [0.1, 0.15) is 36.3 Å². The minimum atomic E-state index is 0.0492. The molecule has 3 heterocycles.